The minimum atomic E-state index is -0.239. The number of H-pyrrole nitrogens is 1. The van der Waals surface area contributed by atoms with Crippen LogP contribution in [0.4, 0.5) is 0 Å². The van der Waals surface area contributed by atoms with E-state index in [1.54, 1.807) is 6.07 Å². The maximum Gasteiger partial charge on any atom is 0.251 e. The minimum absolute atomic E-state index is 0.138. The molecule has 0 aromatic carbocycles. The third kappa shape index (κ3) is 3.45. The normalized spacial score (nSPS) is 24.3. The number of carbonyl (C=O) groups is 1. The molecule has 1 heterocycles. The predicted molar refractivity (Wildman–Crippen MR) is 70.6 cm³/mol. The summed E-state index contributed by atoms with van der Waals surface area (Å²) in [5.41, 5.74) is 0.202. The molecule has 2 N–H and O–H groups in total. The first-order valence-electron chi connectivity index (χ1n) is 6.65. The first kappa shape index (κ1) is 12.9. The van der Waals surface area contributed by atoms with Crippen molar-refractivity contribution >= 4 is 5.91 Å². The summed E-state index contributed by atoms with van der Waals surface area (Å²) in [7, 11) is 0. The second-order valence-electron chi connectivity index (χ2n) is 5.23. The summed E-state index contributed by atoms with van der Waals surface area (Å²) < 4.78 is 0. The van der Waals surface area contributed by atoms with Crippen LogP contribution in [0.25, 0.3) is 0 Å². The minimum Gasteiger partial charge on any atom is -0.349 e. The van der Waals surface area contributed by atoms with Crippen molar-refractivity contribution in [2.45, 2.75) is 45.1 Å². The molecule has 1 aromatic rings. The summed E-state index contributed by atoms with van der Waals surface area (Å²) in [6.07, 6.45) is 7.17. The molecule has 0 spiro atoms. The lowest BCUT2D eigenvalue weighted by molar-refractivity contribution is 0.0933. The summed E-state index contributed by atoms with van der Waals surface area (Å²) in [5, 5.41) is 3.03. The molecule has 1 aromatic heterocycles. The Labute approximate surface area is 107 Å². The highest BCUT2D eigenvalue weighted by Gasteiger charge is 2.18. The SMILES string of the molecule is CC1CCCC(NC(=O)c2cc[nH]c(=O)c2)CC1. The highest BCUT2D eigenvalue weighted by molar-refractivity contribution is 5.94. The third-order valence-electron chi connectivity index (χ3n) is 3.63. The van der Waals surface area contributed by atoms with Gasteiger partial charge in [-0.05, 0) is 31.2 Å². The van der Waals surface area contributed by atoms with Crippen LogP contribution in [0.1, 0.15) is 49.4 Å². The highest BCUT2D eigenvalue weighted by Crippen LogP contribution is 2.22. The van der Waals surface area contributed by atoms with Crippen molar-refractivity contribution in [3.63, 3.8) is 0 Å². The fraction of sp³-hybridized carbons (Fsp3) is 0.571. The van der Waals surface area contributed by atoms with E-state index in [4.69, 9.17) is 0 Å². The second-order valence-corrected chi connectivity index (χ2v) is 5.23. The lowest BCUT2D eigenvalue weighted by atomic mass is 10.0. The van der Waals surface area contributed by atoms with Crippen LogP contribution >= 0.6 is 0 Å². The maximum absolute atomic E-state index is 12.0. The average Bonchev–Trinajstić information content (AvgIpc) is 2.54. The van der Waals surface area contributed by atoms with Crippen LogP contribution in [0.2, 0.25) is 0 Å². The van der Waals surface area contributed by atoms with Gasteiger partial charge in [0.2, 0.25) is 5.56 Å². The van der Waals surface area contributed by atoms with Crippen LogP contribution in [-0.2, 0) is 0 Å². The van der Waals surface area contributed by atoms with E-state index in [0.29, 0.717) is 5.56 Å². The quantitative estimate of drug-likeness (QED) is 0.787. The molecule has 98 valence electrons. The first-order chi connectivity index (χ1) is 8.65. The molecule has 1 fully saturated rings. The van der Waals surface area contributed by atoms with E-state index in [2.05, 4.69) is 17.2 Å². The Morgan fingerprint density at radius 2 is 2.17 bits per heavy atom. The largest absolute Gasteiger partial charge is 0.349 e. The van der Waals surface area contributed by atoms with Crippen molar-refractivity contribution in [2.24, 2.45) is 5.92 Å². The molecule has 0 radical (unpaired) electrons. The Balaban J connectivity index is 1.96. The molecule has 1 aliphatic rings. The van der Waals surface area contributed by atoms with Crippen LogP contribution < -0.4 is 10.9 Å². The second kappa shape index (κ2) is 5.85. The zero-order valence-electron chi connectivity index (χ0n) is 10.7. The maximum atomic E-state index is 12.0. The van der Waals surface area contributed by atoms with Crippen LogP contribution in [0, 0.1) is 5.92 Å². The Hall–Kier alpha value is -1.58. The van der Waals surface area contributed by atoms with Gasteiger partial charge in [0, 0.05) is 23.9 Å². The monoisotopic (exact) mass is 248 g/mol. The van der Waals surface area contributed by atoms with Gasteiger partial charge in [-0.3, -0.25) is 9.59 Å². The van der Waals surface area contributed by atoms with Gasteiger partial charge >= 0.3 is 0 Å². The van der Waals surface area contributed by atoms with Gasteiger partial charge in [0.15, 0.2) is 0 Å². The molecular weight excluding hydrogens is 228 g/mol. The van der Waals surface area contributed by atoms with Gasteiger partial charge in [0.1, 0.15) is 0 Å². The molecule has 4 nitrogen and oxygen atoms in total. The molecule has 1 amide bonds. The number of rotatable bonds is 2. The van der Waals surface area contributed by atoms with E-state index in [1.807, 2.05) is 0 Å². The van der Waals surface area contributed by atoms with E-state index in [0.717, 1.165) is 18.8 Å². The van der Waals surface area contributed by atoms with Gasteiger partial charge in [0.05, 0.1) is 0 Å². The number of hydrogen-bond donors (Lipinski definition) is 2. The molecule has 0 bridgehead atoms. The third-order valence-corrected chi connectivity index (χ3v) is 3.63. The topological polar surface area (TPSA) is 62.0 Å². The Kier molecular flexibility index (Phi) is 4.18. The van der Waals surface area contributed by atoms with E-state index in [9.17, 15) is 9.59 Å². The number of hydrogen-bond acceptors (Lipinski definition) is 2. The molecule has 1 saturated carbocycles. The van der Waals surface area contributed by atoms with Crippen molar-refractivity contribution in [1.82, 2.24) is 10.3 Å². The molecule has 0 saturated heterocycles. The number of carbonyl (C=O) groups excluding carboxylic acids is 1. The van der Waals surface area contributed by atoms with Gasteiger partial charge in [-0.15, -0.1) is 0 Å². The zero-order chi connectivity index (χ0) is 13.0. The Morgan fingerprint density at radius 3 is 2.94 bits per heavy atom. The zero-order valence-corrected chi connectivity index (χ0v) is 10.7. The highest BCUT2D eigenvalue weighted by atomic mass is 16.2. The van der Waals surface area contributed by atoms with Crippen molar-refractivity contribution in [1.29, 1.82) is 0 Å². The van der Waals surface area contributed by atoms with Crippen molar-refractivity contribution in [3.05, 3.63) is 34.2 Å². The van der Waals surface area contributed by atoms with Gasteiger partial charge in [-0.1, -0.05) is 19.8 Å². The van der Waals surface area contributed by atoms with E-state index in [-0.39, 0.29) is 17.5 Å². The summed E-state index contributed by atoms with van der Waals surface area (Å²) >= 11 is 0. The Bertz CT molecular complexity index is 467. The predicted octanol–water partition coefficient (Wildman–Crippen LogP) is 2.07. The standard InChI is InChI=1S/C14H20N2O2/c1-10-3-2-4-12(6-5-10)16-14(18)11-7-8-15-13(17)9-11/h7-10,12H,2-6H2,1H3,(H,15,17)(H,16,18). The molecule has 4 heteroatoms. The van der Waals surface area contributed by atoms with E-state index < -0.39 is 0 Å². The van der Waals surface area contributed by atoms with E-state index in [1.165, 1.54) is 31.5 Å². The number of aromatic amines is 1. The van der Waals surface area contributed by atoms with Crippen LogP contribution in [0.15, 0.2) is 23.1 Å². The fourth-order valence-electron chi connectivity index (χ4n) is 2.49. The molecule has 2 atom stereocenters. The first-order valence-corrected chi connectivity index (χ1v) is 6.65. The molecule has 1 aliphatic carbocycles. The van der Waals surface area contributed by atoms with Crippen molar-refractivity contribution in [3.8, 4) is 0 Å². The summed E-state index contributed by atoms with van der Waals surface area (Å²) in [5.74, 6) is 0.618. The molecule has 0 aliphatic heterocycles. The van der Waals surface area contributed by atoms with Gasteiger partial charge in [-0.25, -0.2) is 0 Å². The van der Waals surface area contributed by atoms with Crippen molar-refractivity contribution in [2.75, 3.05) is 0 Å². The molecular formula is C14H20N2O2. The summed E-state index contributed by atoms with van der Waals surface area (Å²) in [4.78, 5) is 25.7. The number of amides is 1. The Morgan fingerprint density at radius 1 is 1.33 bits per heavy atom. The van der Waals surface area contributed by atoms with E-state index >= 15 is 0 Å². The number of aromatic nitrogens is 1. The molecule has 2 rings (SSSR count). The van der Waals surface area contributed by atoms with Gasteiger partial charge in [0.25, 0.3) is 5.91 Å². The summed E-state index contributed by atoms with van der Waals surface area (Å²) in [6, 6.07) is 3.23. The average molecular weight is 248 g/mol. The lowest BCUT2D eigenvalue weighted by Crippen LogP contribution is -2.34. The molecule has 18 heavy (non-hydrogen) atoms. The lowest BCUT2D eigenvalue weighted by Gasteiger charge is -2.16. The van der Waals surface area contributed by atoms with Crippen LogP contribution in [0.5, 0.6) is 0 Å². The fourth-order valence-corrected chi connectivity index (χ4v) is 2.49. The van der Waals surface area contributed by atoms with Crippen LogP contribution in [0.3, 0.4) is 0 Å². The van der Waals surface area contributed by atoms with Gasteiger partial charge in [-0.2, -0.15) is 0 Å². The number of nitrogens with one attached hydrogen (secondary N) is 2. The smallest absolute Gasteiger partial charge is 0.251 e. The molecule has 2 unspecified atom stereocenters. The van der Waals surface area contributed by atoms with Crippen molar-refractivity contribution < 1.29 is 4.79 Å². The summed E-state index contributed by atoms with van der Waals surface area (Å²) in [6.45, 7) is 2.26. The number of pyridine rings is 1. The van der Waals surface area contributed by atoms with Crippen LogP contribution in [-0.4, -0.2) is 16.9 Å². The van der Waals surface area contributed by atoms with Gasteiger partial charge < -0.3 is 10.3 Å².